The van der Waals surface area contributed by atoms with Crippen LogP contribution in [0.4, 0.5) is 22.7 Å². The first-order valence-electron chi connectivity index (χ1n) is 13.3. The van der Waals surface area contributed by atoms with Crippen molar-refractivity contribution in [3.8, 4) is 0 Å². The average molecular weight is 557 g/mol. The van der Waals surface area contributed by atoms with Gasteiger partial charge in [-0.2, -0.15) is 0 Å². The van der Waals surface area contributed by atoms with E-state index in [0.29, 0.717) is 0 Å². The molecule has 204 valence electrons. The normalized spacial score (nSPS) is 11.1. The molecule has 0 fully saturated rings. The lowest BCUT2D eigenvalue weighted by molar-refractivity contribution is 1.13. The first kappa shape index (κ1) is 28.9. The summed E-state index contributed by atoms with van der Waals surface area (Å²) < 4.78 is 0. The summed E-state index contributed by atoms with van der Waals surface area (Å²) in [6.07, 6.45) is 0. The molecule has 0 bridgehead atoms. The Morgan fingerprint density at radius 3 is 0.667 bits per heavy atom. The zero-order valence-corrected chi connectivity index (χ0v) is 26.4. The molecule has 0 atom stereocenters. The fourth-order valence-corrected chi connectivity index (χ4v) is 10.9. The van der Waals surface area contributed by atoms with Crippen LogP contribution in [0.3, 0.4) is 0 Å². The van der Waals surface area contributed by atoms with Crippen LogP contribution >= 0.6 is 15.8 Å². The minimum absolute atomic E-state index is 0.570. The van der Waals surface area contributed by atoms with Crippen LogP contribution in [0.15, 0.2) is 97.1 Å². The van der Waals surface area contributed by atoms with Crippen LogP contribution in [0.2, 0.25) is 0 Å². The number of rotatable bonds is 10. The van der Waals surface area contributed by atoms with Gasteiger partial charge in [-0.15, -0.1) is 0 Å². The molecule has 0 aliphatic carbocycles. The standard InChI is InChI=1S/C33H42N4P2/c1-34(2)26-9-17-30(18-10-26)38(31-19-11-27(12-20-31)35(3)4)25-39(32-21-13-28(14-22-32)36(5)6)33-23-15-29(16-24-33)37(7)8/h9-24H,25H2,1-8H3. The van der Waals surface area contributed by atoms with Gasteiger partial charge >= 0.3 is 0 Å². The highest BCUT2D eigenvalue weighted by Crippen LogP contribution is 2.49. The summed E-state index contributed by atoms with van der Waals surface area (Å²) in [7, 11) is 15.7. The topological polar surface area (TPSA) is 13.0 Å². The lowest BCUT2D eigenvalue weighted by atomic mass is 10.3. The van der Waals surface area contributed by atoms with E-state index in [9.17, 15) is 0 Å². The summed E-state index contributed by atoms with van der Waals surface area (Å²) in [6.45, 7) is 0. The molecule has 0 saturated carbocycles. The van der Waals surface area contributed by atoms with Crippen molar-refractivity contribution >= 4 is 59.8 Å². The van der Waals surface area contributed by atoms with E-state index in [1.165, 1.54) is 44.0 Å². The Labute approximate surface area is 238 Å². The number of hydrogen-bond acceptors (Lipinski definition) is 4. The molecule has 0 heterocycles. The predicted octanol–water partition coefficient (Wildman–Crippen LogP) is 5.47. The van der Waals surface area contributed by atoms with E-state index >= 15 is 0 Å². The Bertz CT molecular complexity index is 1110. The highest BCUT2D eigenvalue weighted by atomic mass is 31.2. The minimum atomic E-state index is -0.570. The summed E-state index contributed by atoms with van der Waals surface area (Å²) in [4.78, 5) is 8.68. The van der Waals surface area contributed by atoms with Gasteiger partial charge in [0, 0.05) is 85.0 Å². The molecule has 0 unspecified atom stereocenters. The molecule has 0 radical (unpaired) electrons. The Hall–Kier alpha value is -3.06. The molecule has 39 heavy (non-hydrogen) atoms. The molecule has 0 amide bonds. The second-order valence-corrected chi connectivity index (χ2v) is 15.5. The van der Waals surface area contributed by atoms with E-state index < -0.39 is 15.8 Å². The molecule has 0 aliphatic rings. The van der Waals surface area contributed by atoms with Crippen molar-refractivity contribution in [1.29, 1.82) is 0 Å². The van der Waals surface area contributed by atoms with Crippen molar-refractivity contribution in [1.82, 2.24) is 0 Å². The fraction of sp³-hybridized carbons (Fsp3) is 0.273. The maximum Gasteiger partial charge on any atom is 0.0361 e. The van der Waals surface area contributed by atoms with Gasteiger partial charge in [-0.25, -0.2) is 0 Å². The number of anilines is 4. The molecule has 0 N–H and O–H groups in total. The van der Waals surface area contributed by atoms with E-state index in [2.05, 4.69) is 173 Å². The molecule has 4 rings (SSSR count). The second-order valence-electron chi connectivity index (χ2n) is 10.6. The fourth-order valence-electron chi connectivity index (χ4n) is 4.49. The molecule has 0 saturated heterocycles. The molecule has 0 aliphatic heterocycles. The van der Waals surface area contributed by atoms with Crippen LogP contribution in [0.5, 0.6) is 0 Å². The summed E-state index contributed by atoms with van der Waals surface area (Å²) in [6, 6.07) is 36.9. The van der Waals surface area contributed by atoms with Gasteiger partial charge in [0.25, 0.3) is 0 Å². The van der Waals surface area contributed by atoms with Gasteiger partial charge in [-0.1, -0.05) is 48.5 Å². The third-order valence-corrected chi connectivity index (χ3v) is 12.9. The van der Waals surface area contributed by atoms with Crippen molar-refractivity contribution in [2.75, 3.05) is 81.9 Å². The quantitative estimate of drug-likeness (QED) is 0.240. The summed E-state index contributed by atoms with van der Waals surface area (Å²) >= 11 is 0. The lowest BCUT2D eigenvalue weighted by Crippen LogP contribution is -2.21. The van der Waals surface area contributed by atoms with Gasteiger partial charge < -0.3 is 19.6 Å². The maximum atomic E-state index is 2.35. The van der Waals surface area contributed by atoms with E-state index in [-0.39, 0.29) is 0 Å². The van der Waals surface area contributed by atoms with Crippen LogP contribution < -0.4 is 40.8 Å². The van der Waals surface area contributed by atoms with Gasteiger partial charge in [0.2, 0.25) is 0 Å². The van der Waals surface area contributed by atoms with Crippen molar-refractivity contribution in [3.63, 3.8) is 0 Å². The lowest BCUT2D eigenvalue weighted by Gasteiger charge is -2.28. The van der Waals surface area contributed by atoms with Gasteiger partial charge in [-0.3, -0.25) is 0 Å². The van der Waals surface area contributed by atoms with Gasteiger partial charge in [-0.05, 0) is 85.6 Å². The van der Waals surface area contributed by atoms with Crippen LogP contribution in [0, 0.1) is 0 Å². The third-order valence-electron chi connectivity index (χ3n) is 6.99. The Morgan fingerprint density at radius 2 is 0.513 bits per heavy atom. The molecular weight excluding hydrogens is 514 g/mol. The van der Waals surface area contributed by atoms with Gasteiger partial charge in [0.05, 0.1) is 0 Å². The molecule has 4 aromatic carbocycles. The van der Waals surface area contributed by atoms with E-state index in [0.717, 1.165) is 5.90 Å². The maximum absolute atomic E-state index is 2.35. The van der Waals surface area contributed by atoms with Crippen molar-refractivity contribution in [2.45, 2.75) is 0 Å². The Kier molecular flexibility index (Phi) is 9.54. The smallest absolute Gasteiger partial charge is 0.0361 e. The number of hydrogen-bond donors (Lipinski definition) is 0. The number of nitrogens with zero attached hydrogens (tertiary/aromatic N) is 4. The highest BCUT2D eigenvalue weighted by Gasteiger charge is 2.23. The zero-order valence-electron chi connectivity index (χ0n) is 24.6. The van der Waals surface area contributed by atoms with Crippen LogP contribution in [0.1, 0.15) is 0 Å². The SMILES string of the molecule is CN(C)c1ccc(P(CP(c2ccc(N(C)C)cc2)c2ccc(N(C)C)cc2)c2ccc(N(C)C)cc2)cc1. The van der Waals surface area contributed by atoms with E-state index in [4.69, 9.17) is 0 Å². The van der Waals surface area contributed by atoms with Gasteiger partial charge in [0.1, 0.15) is 0 Å². The van der Waals surface area contributed by atoms with Crippen molar-refractivity contribution in [3.05, 3.63) is 97.1 Å². The molecule has 4 nitrogen and oxygen atoms in total. The third kappa shape index (κ3) is 7.13. The second kappa shape index (κ2) is 12.9. The van der Waals surface area contributed by atoms with Crippen molar-refractivity contribution < 1.29 is 0 Å². The predicted molar refractivity (Wildman–Crippen MR) is 180 cm³/mol. The molecular formula is C33H42N4P2. The minimum Gasteiger partial charge on any atom is -0.378 e. The monoisotopic (exact) mass is 556 g/mol. The Balaban J connectivity index is 1.79. The largest absolute Gasteiger partial charge is 0.378 e. The summed E-state index contributed by atoms with van der Waals surface area (Å²) in [5.74, 6) is 1.11. The first-order chi connectivity index (χ1) is 18.6. The van der Waals surface area contributed by atoms with Crippen molar-refractivity contribution in [2.24, 2.45) is 0 Å². The van der Waals surface area contributed by atoms with Crippen LogP contribution in [-0.2, 0) is 0 Å². The summed E-state index contributed by atoms with van der Waals surface area (Å²) in [5.41, 5.74) is 4.94. The molecule has 0 aromatic heterocycles. The first-order valence-corrected chi connectivity index (χ1v) is 16.3. The van der Waals surface area contributed by atoms with Crippen LogP contribution in [0.25, 0.3) is 0 Å². The number of benzene rings is 4. The average Bonchev–Trinajstić information content (AvgIpc) is 2.94. The van der Waals surface area contributed by atoms with Crippen LogP contribution in [-0.4, -0.2) is 62.3 Å². The Morgan fingerprint density at radius 1 is 0.333 bits per heavy atom. The zero-order chi connectivity index (χ0) is 28.1. The highest BCUT2D eigenvalue weighted by molar-refractivity contribution is 7.88. The molecule has 0 spiro atoms. The van der Waals surface area contributed by atoms with E-state index in [1.54, 1.807) is 0 Å². The molecule has 6 heteroatoms. The van der Waals surface area contributed by atoms with Gasteiger partial charge in [0.15, 0.2) is 0 Å². The molecule has 4 aromatic rings. The van der Waals surface area contributed by atoms with E-state index in [1.807, 2.05) is 0 Å². The summed E-state index contributed by atoms with van der Waals surface area (Å²) in [5, 5.41) is 5.71.